The fourth-order valence-electron chi connectivity index (χ4n) is 5.54. The average Bonchev–Trinajstić information content (AvgIpc) is 3.42. The normalized spacial score (nSPS) is 28.6. The minimum absolute atomic E-state index is 0.0386. The maximum Gasteiger partial charge on any atom is 0.308 e. The summed E-state index contributed by atoms with van der Waals surface area (Å²) in [6, 6.07) is -3.51. The summed E-state index contributed by atoms with van der Waals surface area (Å²) in [5.74, 6) is -3.38. The minimum atomic E-state index is -1.08. The number of esters is 1. The quantitative estimate of drug-likeness (QED) is 0.457. The molecule has 0 bridgehead atoms. The van der Waals surface area contributed by atoms with Crippen LogP contribution in [0.2, 0.25) is 0 Å². The standard InChI is InChI=1S/C30H51N5O7/c1-10-19(6)25-30(41)35-15-11-12-22(35)27(38)32-21(16-17(2)3)28(39)34(9)24(18(4)5)29(40)33(8)20(7)26(37)31-14-13-23(36)42-25/h17-22,24-25H,10-16H2,1-9H3,(H,31,37)(H,32,38). The number of rotatable bonds is 5. The molecular formula is C30H51N5O7. The molecule has 2 fully saturated rings. The third kappa shape index (κ3) is 8.44. The smallest absolute Gasteiger partial charge is 0.308 e. The van der Waals surface area contributed by atoms with Crippen molar-refractivity contribution in [2.45, 2.75) is 111 Å². The zero-order chi connectivity index (χ0) is 31.9. The summed E-state index contributed by atoms with van der Waals surface area (Å²) in [5.41, 5.74) is 0. The van der Waals surface area contributed by atoms with Crippen LogP contribution in [0.4, 0.5) is 0 Å². The van der Waals surface area contributed by atoms with E-state index in [4.69, 9.17) is 4.74 Å². The molecule has 2 heterocycles. The fraction of sp³-hybridized carbons (Fsp3) is 0.800. The summed E-state index contributed by atoms with van der Waals surface area (Å²) in [5, 5.41) is 5.55. The zero-order valence-corrected chi connectivity index (χ0v) is 26.8. The van der Waals surface area contributed by atoms with Crippen LogP contribution < -0.4 is 10.6 Å². The number of likely N-dealkylation sites (N-methyl/N-ethyl adjacent to an activating group) is 2. The topological polar surface area (TPSA) is 145 Å². The summed E-state index contributed by atoms with van der Waals surface area (Å²) in [4.78, 5) is 84.6. The lowest BCUT2D eigenvalue weighted by Gasteiger charge is -2.37. The fourth-order valence-corrected chi connectivity index (χ4v) is 5.54. The van der Waals surface area contributed by atoms with Crippen molar-refractivity contribution in [2.24, 2.45) is 17.8 Å². The van der Waals surface area contributed by atoms with Crippen molar-refractivity contribution < 1.29 is 33.5 Å². The number of cyclic esters (lactones) is 1. The molecule has 2 saturated heterocycles. The summed E-state index contributed by atoms with van der Waals surface area (Å²) < 4.78 is 5.63. The number of ether oxygens (including phenoxy) is 1. The Morgan fingerprint density at radius 3 is 2.12 bits per heavy atom. The van der Waals surface area contributed by atoms with Gasteiger partial charge in [0, 0.05) is 33.1 Å². The van der Waals surface area contributed by atoms with E-state index >= 15 is 0 Å². The van der Waals surface area contributed by atoms with Crippen LogP contribution in [-0.4, -0.2) is 108 Å². The molecule has 6 atom stereocenters. The number of fused-ring (bicyclic) bond motifs is 1. The predicted octanol–water partition coefficient (Wildman–Crippen LogP) is 1.32. The molecule has 0 aromatic rings. The predicted molar refractivity (Wildman–Crippen MR) is 157 cm³/mol. The van der Waals surface area contributed by atoms with Crippen LogP contribution >= 0.6 is 0 Å². The van der Waals surface area contributed by atoms with E-state index in [9.17, 15) is 28.8 Å². The summed E-state index contributed by atoms with van der Waals surface area (Å²) >= 11 is 0. The first-order valence-corrected chi connectivity index (χ1v) is 15.2. The number of hydrogen-bond donors (Lipinski definition) is 2. The lowest BCUT2D eigenvalue weighted by Crippen LogP contribution is -2.60. The number of carbonyl (C=O) groups excluding carboxylic acids is 6. The molecule has 6 unspecified atom stereocenters. The number of nitrogens with zero attached hydrogens (tertiary/aromatic N) is 3. The molecule has 0 aromatic carbocycles. The van der Waals surface area contributed by atoms with Gasteiger partial charge in [0.1, 0.15) is 24.2 Å². The van der Waals surface area contributed by atoms with Crippen molar-refractivity contribution in [3.05, 3.63) is 0 Å². The number of nitrogens with one attached hydrogen (secondary N) is 2. The first kappa shape index (κ1) is 35.0. The van der Waals surface area contributed by atoms with Crippen molar-refractivity contribution >= 4 is 35.5 Å². The lowest BCUT2D eigenvalue weighted by molar-refractivity contribution is -0.165. The third-order valence-electron chi connectivity index (χ3n) is 8.41. The lowest BCUT2D eigenvalue weighted by atomic mass is 9.97. The van der Waals surface area contributed by atoms with E-state index in [1.54, 1.807) is 6.92 Å². The van der Waals surface area contributed by atoms with Gasteiger partial charge in [-0.25, -0.2) is 0 Å². The highest BCUT2D eigenvalue weighted by atomic mass is 16.5. The Balaban J connectivity index is 2.53. The van der Waals surface area contributed by atoms with Crippen molar-refractivity contribution in [3.8, 4) is 0 Å². The highest BCUT2D eigenvalue weighted by molar-refractivity contribution is 5.96. The largest absolute Gasteiger partial charge is 0.452 e. The van der Waals surface area contributed by atoms with Gasteiger partial charge in [-0.1, -0.05) is 41.5 Å². The second-order valence-corrected chi connectivity index (χ2v) is 12.5. The molecule has 2 N–H and O–H groups in total. The molecule has 0 aromatic heterocycles. The van der Waals surface area contributed by atoms with E-state index in [1.165, 1.54) is 28.8 Å². The van der Waals surface area contributed by atoms with Gasteiger partial charge in [0.15, 0.2) is 6.10 Å². The molecule has 2 aliphatic rings. The first-order chi connectivity index (χ1) is 19.6. The third-order valence-corrected chi connectivity index (χ3v) is 8.41. The molecule has 2 rings (SSSR count). The molecule has 0 radical (unpaired) electrons. The molecule has 0 aliphatic carbocycles. The second-order valence-electron chi connectivity index (χ2n) is 12.5. The van der Waals surface area contributed by atoms with E-state index in [2.05, 4.69) is 10.6 Å². The van der Waals surface area contributed by atoms with E-state index in [-0.39, 0.29) is 30.7 Å². The van der Waals surface area contributed by atoms with E-state index in [0.29, 0.717) is 32.2 Å². The van der Waals surface area contributed by atoms with Crippen LogP contribution in [0, 0.1) is 17.8 Å². The van der Waals surface area contributed by atoms with Gasteiger partial charge < -0.3 is 30.1 Å². The van der Waals surface area contributed by atoms with Crippen molar-refractivity contribution in [1.82, 2.24) is 25.3 Å². The Kier molecular flexibility index (Phi) is 12.8. The second kappa shape index (κ2) is 15.3. The molecule has 12 nitrogen and oxygen atoms in total. The maximum atomic E-state index is 13.9. The summed E-state index contributed by atoms with van der Waals surface area (Å²) in [6.45, 7) is 13.1. The van der Waals surface area contributed by atoms with Gasteiger partial charge in [-0.15, -0.1) is 0 Å². The highest BCUT2D eigenvalue weighted by Gasteiger charge is 2.42. The summed E-state index contributed by atoms with van der Waals surface area (Å²) in [7, 11) is 3.04. The van der Waals surface area contributed by atoms with Crippen molar-refractivity contribution in [2.75, 3.05) is 27.2 Å². The molecule has 0 spiro atoms. The van der Waals surface area contributed by atoms with Crippen LogP contribution in [0.5, 0.6) is 0 Å². The molecular weight excluding hydrogens is 542 g/mol. The van der Waals surface area contributed by atoms with Crippen molar-refractivity contribution in [3.63, 3.8) is 0 Å². The SMILES string of the molecule is CCC(C)C1OC(=O)CCNC(=O)C(C)N(C)C(=O)C(C(C)C)N(C)C(=O)C(CC(C)C)NC(=O)C2CCCN2C1=O. The Hall–Kier alpha value is -3.18. The maximum absolute atomic E-state index is 13.9. The van der Waals surface area contributed by atoms with Gasteiger partial charge in [-0.05, 0) is 44.4 Å². The number of hydrogen-bond acceptors (Lipinski definition) is 7. The number of amides is 5. The summed E-state index contributed by atoms with van der Waals surface area (Å²) in [6.07, 6.45) is 0.659. The van der Waals surface area contributed by atoms with Crippen molar-refractivity contribution in [1.29, 1.82) is 0 Å². The van der Waals surface area contributed by atoms with Gasteiger partial charge in [0.2, 0.25) is 23.6 Å². The molecule has 5 amide bonds. The van der Waals surface area contributed by atoms with Crippen LogP contribution in [0.25, 0.3) is 0 Å². The van der Waals surface area contributed by atoms with E-state index in [0.717, 1.165) is 0 Å². The van der Waals surface area contributed by atoms with Gasteiger partial charge in [0.25, 0.3) is 5.91 Å². The molecule has 0 saturated carbocycles. The van der Waals surface area contributed by atoms with Gasteiger partial charge in [0.05, 0.1) is 6.42 Å². The Bertz CT molecular complexity index is 1020. The molecule has 42 heavy (non-hydrogen) atoms. The monoisotopic (exact) mass is 593 g/mol. The molecule has 12 heteroatoms. The minimum Gasteiger partial charge on any atom is -0.452 e. The van der Waals surface area contributed by atoms with Crippen LogP contribution in [0.1, 0.15) is 80.6 Å². The molecule has 238 valence electrons. The van der Waals surface area contributed by atoms with Gasteiger partial charge >= 0.3 is 5.97 Å². The number of carbonyl (C=O) groups is 6. The van der Waals surface area contributed by atoms with Gasteiger partial charge in [-0.2, -0.15) is 0 Å². The van der Waals surface area contributed by atoms with Crippen LogP contribution in [0.3, 0.4) is 0 Å². The van der Waals surface area contributed by atoms with Gasteiger partial charge in [-0.3, -0.25) is 28.8 Å². The Morgan fingerprint density at radius 2 is 1.55 bits per heavy atom. The molecule has 2 aliphatic heterocycles. The Morgan fingerprint density at radius 1 is 0.905 bits per heavy atom. The first-order valence-electron chi connectivity index (χ1n) is 15.2. The van der Waals surface area contributed by atoms with Crippen LogP contribution in [0.15, 0.2) is 0 Å². The van der Waals surface area contributed by atoms with Crippen LogP contribution in [-0.2, 0) is 33.5 Å². The zero-order valence-electron chi connectivity index (χ0n) is 26.8. The Labute approximate surface area is 250 Å². The highest BCUT2D eigenvalue weighted by Crippen LogP contribution is 2.24. The average molecular weight is 594 g/mol. The van der Waals surface area contributed by atoms with E-state index in [1.807, 2.05) is 41.5 Å². The van der Waals surface area contributed by atoms with E-state index < -0.39 is 65.8 Å².